The minimum atomic E-state index is 0.482. The van der Waals surface area contributed by atoms with Crippen LogP contribution in [-0.2, 0) is 6.61 Å². The largest absolute Gasteiger partial charge is 0.493 e. The van der Waals surface area contributed by atoms with E-state index in [4.69, 9.17) is 14.5 Å². The third kappa shape index (κ3) is 4.42. The van der Waals surface area contributed by atoms with Crippen LogP contribution in [0.5, 0.6) is 11.5 Å². The molecule has 0 aliphatic heterocycles. The Morgan fingerprint density at radius 3 is 2.61 bits per heavy atom. The van der Waals surface area contributed by atoms with Crippen LogP contribution in [-0.4, -0.2) is 23.1 Å². The molecule has 2 aromatic carbocycles. The lowest BCUT2D eigenvalue weighted by Crippen LogP contribution is -2.16. The molecule has 1 saturated carbocycles. The molecule has 5 heteroatoms. The number of nitrogens with one attached hydrogen (secondary N) is 1. The molecule has 0 saturated heterocycles. The van der Waals surface area contributed by atoms with Gasteiger partial charge in [0, 0.05) is 17.8 Å². The van der Waals surface area contributed by atoms with Crippen LogP contribution in [0.15, 0.2) is 60.8 Å². The van der Waals surface area contributed by atoms with Gasteiger partial charge in [0.2, 0.25) is 5.95 Å². The number of rotatable bonds is 7. The molecule has 28 heavy (non-hydrogen) atoms. The van der Waals surface area contributed by atoms with Crippen molar-refractivity contribution < 1.29 is 9.47 Å². The van der Waals surface area contributed by atoms with Crippen LogP contribution in [0.1, 0.15) is 31.2 Å². The van der Waals surface area contributed by atoms with Crippen molar-refractivity contribution in [2.75, 3.05) is 12.4 Å². The Morgan fingerprint density at radius 1 is 1.00 bits per heavy atom. The van der Waals surface area contributed by atoms with Gasteiger partial charge in [-0.05, 0) is 42.7 Å². The Morgan fingerprint density at radius 2 is 1.82 bits per heavy atom. The highest BCUT2D eigenvalue weighted by Gasteiger charge is 2.16. The SMILES string of the molecule is COc1ccc(-c2ccnc(NC3CCCC3)n2)cc1OCc1ccccc1. The minimum absolute atomic E-state index is 0.482. The lowest BCUT2D eigenvalue weighted by Gasteiger charge is -2.14. The zero-order chi connectivity index (χ0) is 19.2. The maximum atomic E-state index is 6.03. The summed E-state index contributed by atoms with van der Waals surface area (Å²) < 4.78 is 11.5. The van der Waals surface area contributed by atoms with E-state index in [2.05, 4.69) is 10.3 Å². The van der Waals surface area contributed by atoms with Gasteiger partial charge in [-0.15, -0.1) is 0 Å². The topological polar surface area (TPSA) is 56.3 Å². The van der Waals surface area contributed by atoms with Crippen LogP contribution in [0.4, 0.5) is 5.95 Å². The molecule has 0 radical (unpaired) electrons. The summed E-state index contributed by atoms with van der Waals surface area (Å²) in [5.74, 6) is 2.10. The smallest absolute Gasteiger partial charge is 0.223 e. The zero-order valence-corrected chi connectivity index (χ0v) is 16.1. The Balaban J connectivity index is 1.54. The van der Waals surface area contributed by atoms with E-state index in [0.29, 0.717) is 30.1 Å². The van der Waals surface area contributed by atoms with Gasteiger partial charge in [-0.2, -0.15) is 0 Å². The van der Waals surface area contributed by atoms with E-state index in [-0.39, 0.29) is 0 Å². The number of anilines is 1. The second-order valence-corrected chi connectivity index (χ2v) is 7.03. The standard InChI is InChI=1S/C23H25N3O2/c1-27-21-12-11-18(15-22(21)28-16-17-7-3-2-4-8-17)20-13-14-24-23(26-20)25-19-9-5-6-10-19/h2-4,7-8,11-15,19H,5-6,9-10,16H2,1H3,(H,24,25,26). The first-order valence-electron chi connectivity index (χ1n) is 9.76. The van der Waals surface area contributed by atoms with E-state index >= 15 is 0 Å². The summed E-state index contributed by atoms with van der Waals surface area (Å²) in [6.07, 6.45) is 6.73. The fraction of sp³-hybridized carbons (Fsp3) is 0.304. The Bertz CT molecular complexity index is 909. The highest BCUT2D eigenvalue weighted by atomic mass is 16.5. The molecular formula is C23H25N3O2. The molecule has 1 aliphatic rings. The molecule has 1 aliphatic carbocycles. The highest BCUT2D eigenvalue weighted by Crippen LogP contribution is 2.33. The summed E-state index contributed by atoms with van der Waals surface area (Å²) in [4.78, 5) is 9.09. The van der Waals surface area contributed by atoms with Gasteiger partial charge in [0.05, 0.1) is 12.8 Å². The summed E-state index contributed by atoms with van der Waals surface area (Å²) in [6, 6.07) is 18.4. The van der Waals surface area contributed by atoms with Gasteiger partial charge in [0.1, 0.15) is 6.61 Å². The van der Waals surface area contributed by atoms with Crippen molar-refractivity contribution in [1.82, 2.24) is 9.97 Å². The van der Waals surface area contributed by atoms with E-state index in [1.165, 1.54) is 25.7 Å². The monoisotopic (exact) mass is 375 g/mol. The second-order valence-electron chi connectivity index (χ2n) is 7.03. The van der Waals surface area contributed by atoms with E-state index < -0.39 is 0 Å². The van der Waals surface area contributed by atoms with Crippen LogP contribution in [0.25, 0.3) is 11.3 Å². The molecule has 144 valence electrons. The molecule has 1 N–H and O–H groups in total. The van der Waals surface area contributed by atoms with E-state index in [1.807, 2.05) is 54.6 Å². The molecule has 0 atom stereocenters. The quantitative estimate of drug-likeness (QED) is 0.624. The first-order valence-corrected chi connectivity index (χ1v) is 9.76. The third-order valence-corrected chi connectivity index (χ3v) is 5.04. The van der Waals surface area contributed by atoms with Gasteiger partial charge in [-0.1, -0.05) is 43.2 Å². The Kier molecular flexibility index (Phi) is 5.71. The van der Waals surface area contributed by atoms with Crippen molar-refractivity contribution in [3.63, 3.8) is 0 Å². The fourth-order valence-corrected chi connectivity index (χ4v) is 3.53. The predicted octanol–water partition coefficient (Wildman–Crippen LogP) is 5.09. The minimum Gasteiger partial charge on any atom is -0.493 e. The molecule has 0 amide bonds. The summed E-state index contributed by atoms with van der Waals surface area (Å²) in [6.45, 7) is 0.485. The van der Waals surface area contributed by atoms with E-state index in [9.17, 15) is 0 Å². The molecule has 1 aromatic heterocycles. The Labute approximate surface area is 165 Å². The first kappa shape index (κ1) is 18.3. The van der Waals surface area contributed by atoms with Crippen molar-refractivity contribution in [1.29, 1.82) is 0 Å². The Hall–Kier alpha value is -3.08. The molecule has 1 heterocycles. The van der Waals surface area contributed by atoms with Crippen molar-refractivity contribution in [3.05, 3.63) is 66.4 Å². The summed E-state index contributed by atoms with van der Waals surface area (Å²) in [7, 11) is 1.65. The van der Waals surface area contributed by atoms with Crippen LogP contribution >= 0.6 is 0 Å². The highest BCUT2D eigenvalue weighted by molar-refractivity contribution is 5.64. The number of ether oxygens (including phenoxy) is 2. The lowest BCUT2D eigenvalue weighted by atomic mass is 10.1. The number of hydrogen-bond donors (Lipinski definition) is 1. The van der Waals surface area contributed by atoms with Crippen LogP contribution in [0.2, 0.25) is 0 Å². The van der Waals surface area contributed by atoms with Crippen LogP contribution in [0, 0.1) is 0 Å². The maximum Gasteiger partial charge on any atom is 0.223 e. The summed E-state index contributed by atoms with van der Waals surface area (Å²) in [5.41, 5.74) is 2.95. The summed E-state index contributed by atoms with van der Waals surface area (Å²) in [5, 5.41) is 3.46. The number of aromatic nitrogens is 2. The average molecular weight is 375 g/mol. The van der Waals surface area contributed by atoms with Gasteiger partial charge in [-0.25, -0.2) is 9.97 Å². The number of hydrogen-bond acceptors (Lipinski definition) is 5. The first-order chi connectivity index (χ1) is 13.8. The average Bonchev–Trinajstić information content (AvgIpc) is 3.26. The number of nitrogens with zero attached hydrogens (tertiary/aromatic N) is 2. The molecule has 3 aromatic rings. The van der Waals surface area contributed by atoms with E-state index in [1.54, 1.807) is 13.3 Å². The second kappa shape index (κ2) is 8.74. The predicted molar refractivity (Wildman–Crippen MR) is 111 cm³/mol. The normalized spacial score (nSPS) is 14.0. The molecular weight excluding hydrogens is 350 g/mol. The van der Waals surface area contributed by atoms with Crippen molar-refractivity contribution in [2.24, 2.45) is 0 Å². The molecule has 1 fully saturated rings. The third-order valence-electron chi connectivity index (χ3n) is 5.04. The van der Waals surface area contributed by atoms with Crippen molar-refractivity contribution in [3.8, 4) is 22.8 Å². The van der Waals surface area contributed by atoms with E-state index in [0.717, 1.165) is 16.8 Å². The van der Waals surface area contributed by atoms with Crippen molar-refractivity contribution in [2.45, 2.75) is 38.3 Å². The molecule has 4 rings (SSSR count). The van der Waals surface area contributed by atoms with Gasteiger partial charge in [0.25, 0.3) is 0 Å². The molecule has 0 unspecified atom stereocenters. The van der Waals surface area contributed by atoms with Crippen LogP contribution in [0.3, 0.4) is 0 Å². The fourth-order valence-electron chi connectivity index (χ4n) is 3.53. The van der Waals surface area contributed by atoms with Gasteiger partial charge < -0.3 is 14.8 Å². The number of methoxy groups -OCH3 is 1. The van der Waals surface area contributed by atoms with Crippen LogP contribution < -0.4 is 14.8 Å². The van der Waals surface area contributed by atoms with Gasteiger partial charge in [-0.3, -0.25) is 0 Å². The zero-order valence-electron chi connectivity index (χ0n) is 16.1. The van der Waals surface area contributed by atoms with Gasteiger partial charge >= 0.3 is 0 Å². The summed E-state index contributed by atoms with van der Waals surface area (Å²) >= 11 is 0. The number of benzene rings is 2. The maximum absolute atomic E-state index is 6.03. The lowest BCUT2D eigenvalue weighted by molar-refractivity contribution is 0.284. The van der Waals surface area contributed by atoms with Gasteiger partial charge in [0.15, 0.2) is 11.5 Å². The van der Waals surface area contributed by atoms with Crippen molar-refractivity contribution >= 4 is 5.95 Å². The molecule has 0 spiro atoms. The molecule has 5 nitrogen and oxygen atoms in total. The molecule has 0 bridgehead atoms.